The third kappa shape index (κ3) is 4.09. The molecule has 0 saturated carbocycles. The van der Waals surface area contributed by atoms with Gasteiger partial charge in [0.05, 0.1) is 30.0 Å². The fourth-order valence-corrected chi connectivity index (χ4v) is 5.22. The van der Waals surface area contributed by atoms with Gasteiger partial charge in [-0.2, -0.15) is 14.7 Å². The summed E-state index contributed by atoms with van der Waals surface area (Å²) in [5, 5.41) is 32.5. The molecule has 14 heteroatoms. The van der Waals surface area contributed by atoms with Crippen LogP contribution >= 0.6 is 11.6 Å². The minimum atomic E-state index is -0.984. The van der Waals surface area contributed by atoms with Gasteiger partial charge in [-0.1, -0.05) is 16.8 Å². The summed E-state index contributed by atoms with van der Waals surface area (Å²) in [5.41, 5.74) is 7.09. The van der Waals surface area contributed by atoms with Crippen LogP contribution in [0.2, 0.25) is 5.02 Å². The van der Waals surface area contributed by atoms with Crippen molar-refractivity contribution in [3.8, 4) is 11.3 Å². The lowest BCUT2D eigenvalue weighted by molar-refractivity contribution is -0.618. The first-order valence-electron chi connectivity index (χ1n) is 12.0. The zero-order valence-electron chi connectivity index (χ0n) is 20.6. The van der Waals surface area contributed by atoms with Crippen molar-refractivity contribution in [3.05, 3.63) is 75.6 Å². The van der Waals surface area contributed by atoms with Crippen LogP contribution < -0.4 is 9.74 Å². The lowest BCUT2D eigenvalue weighted by Gasteiger charge is -2.33. The van der Waals surface area contributed by atoms with Gasteiger partial charge in [0.25, 0.3) is 5.69 Å². The quantitative estimate of drug-likeness (QED) is 0.0883. The van der Waals surface area contributed by atoms with Crippen molar-refractivity contribution >= 4 is 35.1 Å². The molecule has 1 amide bonds. The molecule has 2 aliphatic rings. The van der Waals surface area contributed by atoms with Gasteiger partial charge < -0.3 is 20.2 Å². The molecule has 2 aromatic heterocycles. The molecule has 4 heterocycles. The van der Waals surface area contributed by atoms with E-state index in [0.29, 0.717) is 18.4 Å². The van der Waals surface area contributed by atoms with Gasteiger partial charge >= 0.3 is 0 Å². The number of pyridine rings is 1. The molecule has 2 atom stereocenters. The number of rotatable bonds is 7. The number of carbonyl (C=O) groups is 1. The van der Waals surface area contributed by atoms with Gasteiger partial charge in [0.2, 0.25) is 11.7 Å². The largest absolute Gasteiger partial charge is 0.618 e. The number of aliphatic hydroxyl groups excluding tert-OH is 1. The van der Waals surface area contributed by atoms with E-state index in [2.05, 4.69) is 15.2 Å². The third-order valence-corrected chi connectivity index (χ3v) is 7.08. The molecule has 1 saturated heterocycles. The van der Waals surface area contributed by atoms with Gasteiger partial charge in [-0.15, -0.1) is 0 Å². The van der Waals surface area contributed by atoms with Gasteiger partial charge in [0, 0.05) is 29.3 Å². The smallest absolute Gasteiger partial charge is 0.254 e. The predicted molar refractivity (Wildman–Crippen MR) is 132 cm³/mol. The summed E-state index contributed by atoms with van der Waals surface area (Å²) in [4.78, 5) is 22.1. The molecule has 3 aromatic rings. The second-order valence-electron chi connectivity index (χ2n) is 8.78. The van der Waals surface area contributed by atoms with E-state index in [1.54, 1.807) is 4.90 Å². The number of halogens is 3. The molecular formula is C24H21ClF2N8O3. The SMILES string of the molecule is [2H]c1nc([C@@H]2CC[C@@H]3CC(c4c(N(C=N)N=N)ccc(Cl)c4F)=CC(=O)N32)[nH]c1-c1cc[n+]([O-])c(CO)c1F. The average molecular weight is 544 g/mol. The molecule has 11 nitrogen and oxygen atoms in total. The Morgan fingerprint density at radius 3 is 2.89 bits per heavy atom. The van der Waals surface area contributed by atoms with Crippen LogP contribution in [0.15, 0.2) is 41.9 Å². The molecule has 0 aliphatic carbocycles. The summed E-state index contributed by atoms with van der Waals surface area (Å²) in [7, 11) is 0. The van der Waals surface area contributed by atoms with Crippen LogP contribution in [0.1, 0.15) is 43.8 Å². The van der Waals surface area contributed by atoms with E-state index in [-0.39, 0.29) is 56.7 Å². The Morgan fingerprint density at radius 1 is 1.39 bits per heavy atom. The van der Waals surface area contributed by atoms with E-state index in [4.69, 9.17) is 23.9 Å². The number of aromatic nitrogens is 3. The number of fused-ring (bicyclic) bond motifs is 1. The number of hydrogen-bond donors (Lipinski definition) is 4. The first-order chi connectivity index (χ1) is 18.7. The highest BCUT2D eigenvalue weighted by atomic mass is 35.5. The number of aliphatic hydroxyl groups is 1. The molecule has 0 radical (unpaired) electrons. The second kappa shape index (κ2) is 9.91. The number of hydrogen-bond acceptors (Lipinski definition) is 7. The molecule has 4 N–H and O–H groups in total. The van der Waals surface area contributed by atoms with Crippen LogP contribution in [0, 0.1) is 27.8 Å². The fourth-order valence-electron chi connectivity index (χ4n) is 5.06. The molecule has 0 spiro atoms. The molecule has 2 aliphatic heterocycles. The highest BCUT2D eigenvalue weighted by Crippen LogP contribution is 2.45. The van der Waals surface area contributed by atoms with E-state index in [9.17, 15) is 19.5 Å². The van der Waals surface area contributed by atoms with Crippen molar-refractivity contribution in [1.82, 2.24) is 14.9 Å². The summed E-state index contributed by atoms with van der Waals surface area (Å²) in [6.45, 7) is -0.832. The highest BCUT2D eigenvalue weighted by molar-refractivity contribution is 6.31. The zero-order chi connectivity index (χ0) is 28.0. The zero-order valence-corrected chi connectivity index (χ0v) is 20.3. The van der Waals surface area contributed by atoms with Crippen molar-refractivity contribution < 1.29 is 24.8 Å². The Labute approximate surface area is 221 Å². The van der Waals surface area contributed by atoms with E-state index in [1.807, 2.05) is 0 Å². The van der Waals surface area contributed by atoms with E-state index >= 15 is 4.39 Å². The monoisotopic (exact) mass is 543 g/mol. The van der Waals surface area contributed by atoms with Crippen LogP contribution in [0.3, 0.4) is 0 Å². The van der Waals surface area contributed by atoms with Gasteiger partial charge in [0.15, 0.2) is 12.0 Å². The van der Waals surface area contributed by atoms with Gasteiger partial charge in [-0.05, 0) is 37.0 Å². The normalized spacial score (nSPS) is 19.2. The Balaban J connectivity index is 1.50. The number of carbonyl (C=O) groups excluding carboxylic acids is 1. The maximum Gasteiger partial charge on any atom is 0.254 e. The third-order valence-electron chi connectivity index (χ3n) is 6.79. The maximum atomic E-state index is 15.2. The Hall–Kier alpha value is -4.23. The van der Waals surface area contributed by atoms with Crippen LogP contribution in [-0.4, -0.2) is 38.3 Å². The predicted octanol–water partition coefficient (Wildman–Crippen LogP) is 4.01. The maximum absolute atomic E-state index is 15.2. The second-order valence-corrected chi connectivity index (χ2v) is 9.19. The van der Waals surface area contributed by atoms with Crippen LogP contribution in [0.25, 0.3) is 16.8 Å². The topological polar surface area (TPSA) is 159 Å². The first kappa shape index (κ1) is 24.1. The van der Waals surface area contributed by atoms with E-state index < -0.39 is 35.9 Å². The summed E-state index contributed by atoms with van der Waals surface area (Å²) in [6.07, 6.45) is 3.96. The molecule has 38 heavy (non-hydrogen) atoms. The number of nitrogens with zero attached hydrogens (tertiary/aromatic N) is 5. The number of aromatic amines is 1. The van der Waals surface area contributed by atoms with Crippen molar-refractivity contribution in [1.29, 1.82) is 10.9 Å². The summed E-state index contributed by atoms with van der Waals surface area (Å²) in [6, 6.07) is 2.94. The number of nitrogens with one attached hydrogen (secondary N) is 3. The standard InChI is InChI=1S/C24H21ClF2N8O3/c25-15-2-4-17(33(11-28)32-29)21(23(15)27)12-7-13-1-3-18(35(13)20(37)8-12)24-30-9-16(31-24)14-5-6-34(38)19(10-36)22(14)26/h2,4-6,8-9,11,13,18,28-29,36H,1,3,7,10H2,(H,30,31)/t13-,18+/m1/s1/i9D. The number of imidazole rings is 1. The highest BCUT2D eigenvalue weighted by Gasteiger charge is 2.42. The van der Waals surface area contributed by atoms with Gasteiger partial charge in [-0.25, -0.2) is 14.4 Å². The minimum absolute atomic E-state index is 0.00143. The lowest BCUT2D eigenvalue weighted by atomic mass is 9.92. The van der Waals surface area contributed by atoms with Crippen molar-refractivity contribution in [2.45, 2.75) is 38.0 Å². The summed E-state index contributed by atoms with van der Waals surface area (Å²) >= 11 is 6.01. The van der Waals surface area contributed by atoms with Gasteiger partial charge in [-0.3, -0.25) is 10.2 Å². The van der Waals surface area contributed by atoms with Crippen LogP contribution in [0.4, 0.5) is 14.5 Å². The molecule has 0 bridgehead atoms. The number of benzene rings is 1. The van der Waals surface area contributed by atoms with Crippen molar-refractivity contribution in [2.24, 2.45) is 5.22 Å². The van der Waals surface area contributed by atoms with Crippen molar-refractivity contribution in [2.75, 3.05) is 5.01 Å². The number of anilines is 1. The Bertz CT molecular complexity index is 1540. The molecule has 196 valence electrons. The van der Waals surface area contributed by atoms with Crippen LogP contribution in [-0.2, 0) is 11.4 Å². The summed E-state index contributed by atoms with van der Waals surface area (Å²) < 4.78 is 38.5. The minimum Gasteiger partial charge on any atom is -0.618 e. The summed E-state index contributed by atoms with van der Waals surface area (Å²) in [5.74, 6) is -1.97. The van der Waals surface area contributed by atoms with Crippen molar-refractivity contribution in [3.63, 3.8) is 0 Å². The average Bonchev–Trinajstić information content (AvgIpc) is 3.51. The van der Waals surface area contributed by atoms with E-state index in [0.717, 1.165) is 17.5 Å². The number of H-pyrrole nitrogens is 1. The molecule has 1 fully saturated rings. The lowest BCUT2D eigenvalue weighted by Crippen LogP contribution is -2.39. The molecule has 1 aromatic carbocycles. The van der Waals surface area contributed by atoms with Gasteiger partial charge in [0.1, 0.15) is 18.8 Å². The fraction of sp³-hybridized carbons (Fsp3) is 0.250. The number of amides is 1. The first-order valence-corrected chi connectivity index (χ1v) is 11.8. The molecular weight excluding hydrogens is 522 g/mol. The molecule has 5 rings (SSSR count). The Morgan fingerprint density at radius 2 is 2.18 bits per heavy atom. The van der Waals surface area contributed by atoms with Crippen LogP contribution in [0.5, 0.6) is 0 Å². The van der Waals surface area contributed by atoms with E-state index in [1.165, 1.54) is 24.3 Å². The molecule has 0 unspecified atom stereocenters. The Kier molecular flexibility index (Phi) is 6.29.